The predicted octanol–water partition coefficient (Wildman–Crippen LogP) is 1.06. The number of aliphatic carboxylic acids is 1. The highest BCUT2D eigenvalue weighted by Gasteiger charge is 2.27. The molecule has 0 aromatic rings. The molecule has 0 aliphatic carbocycles. The van der Waals surface area contributed by atoms with E-state index < -0.39 is 10.7 Å². The van der Waals surface area contributed by atoms with Crippen LogP contribution in [0.3, 0.4) is 0 Å². The van der Waals surface area contributed by atoms with Gasteiger partial charge in [-0.2, -0.15) is 0 Å². The van der Waals surface area contributed by atoms with Gasteiger partial charge in [0.05, 0.1) is 0 Å². The molecule has 0 heterocycles. The summed E-state index contributed by atoms with van der Waals surface area (Å²) in [5.74, 6) is -1.01. The van der Waals surface area contributed by atoms with E-state index in [0.717, 1.165) is 0 Å². The molecule has 0 saturated carbocycles. The first-order chi connectivity index (χ1) is 3.50. The average Bonchev–Trinajstić information content (AvgIpc) is 1.67. The van der Waals surface area contributed by atoms with Crippen molar-refractivity contribution in [3.63, 3.8) is 0 Å². The van der Waals surface area contributed by atoms with Crippen molar-refractivity contribution >= 4 is 18.0 Å². The third-order valence-corrected chi connectivity index (χ3v) is 1.37. The highest BCUT2D eigenvalue weighted by Crippen LogP contribution is 2.19. The van der Waals surface area contributed by atoms with Crippen molar-refractivity contribution in [2.75, 3.05) is 0 Å². The Hall–Kier alpha value is -0.220. The Morgan fingerprint density at radius 3 is 2.00 bits per heavy atom. The van der Waals surface area contributed by atoms with Crippen LogP contribution in [0.25, 0.3) is 0 Å². The molecule has 0 bridgehead atoms. The molecule has 0 atom stereocenters. The molecule has 0 unspecified atom stereocenters. The van der Waals surface area contributed by atoms with E-state index in [0.29, 0.717) is 12.0 Å². The SMILES string of the molecule is CC(C)(SO)C(=O)O. The first kappa shape index (κ1) is 7.78. The lowest BCUT2D eigenvalue weighted by Crippen LogP contribution is -2.26. The Morgan fingerprint density at radius 1 is 1.62 bits per heavy atom. The fraction of sp³-hybridized carbons (Fsp3) is 0.750. The van der Waals surface area contributed by atoms with Crippen LogP contribution in [0.2, 0.25) is 0 Å². The number of hydrogen-bond donors (Lipinski definition) is 2. The van der Waals surface area contributed by atoms with Crippen molar-refractivity contribution < 1.29 is 14.5 Å². The molecule has 0 amide bonds. The van der Waals surface area contributed by atoms with Crippen molar-refractivity contribution in [2.24, 2.45) is 0 Å². The van der Waals surface area contributed by atoms with Crippen LogP contribution >= 0.6 is 12.0 Å². The number of hydrogen-bond acceptors (Lipinski definition) is 3. The fourth-order valence-corrected chi connectivity index (χ4v) is 0.117. The minimum Gasteiger partial charge on any atom is -0.480 e. The van der Waals surface area contributed by atoms with E-state index in [1.54, 1.807) is 0 Å². The molecule has 0 radical (unpaired) electrons. The van der Waals surface area contributed by atoms with Crippen LogP contribution in [-0.4, -0.2) is 20.4 Å². The minimum atomic E-state index is -1.07. The van der Waals surface area contributed by atoms with Gasteiger partial charge in [0.2, 0.25) is 0 Å². The average molecular weight is 136 g/mol. The van der Waals surface area contributed by atoms with Gasteiger partial charge in [0.25, 0.3) is 0 Å². The summed E-state index contributed by atoms with van der Waals surface area (Å²) in [6, 6.07) is 0. The standard InChI is InChI=1S/C4H8O3S/c1-4(2,8-7)3(5)6/h7H,1-2H3,(H,5,6). The Balaban J connectivity index is 3.91. The molecule has 0 aliphatic rings. The quantitative estimate of drug-likeness (QED) is 0.557. The van der Waals surface area contributed by atoms with E-state index in [9.17, 15) is 4.79 Å². The number of carboxylic acid groups (broad SMARTS) is 1. The Labute approximate surface area is 51.9 Å². The Bertz CT molecular complexity index is 99.5. The van der Waals surface area contributed by atoms with Gasteiger partial charge in [-0.15, -0.1) is 0 Å². The van der Waals surface area contributed by atoms with E-state index in [4.69, 9.17) is 9.66 Å². The lowest BCUT2D eigenvalue weighted by molar-refractivity contribution is -0.139. The van der Waals surface area contributed by atoms with Crippen LogP contribution in [0.15, 0.2) is 0 Å². The summed E-state index contributed by atoms with van der Waals surface area (Å²) in [5, 5.41) is 8.26. The molecule has 0 rings (SSSR count). The molecule has 0 saturated heterocycles. The summed E-state index contributed by atoms with van der Waals surface area (Å²) in [6.07, 6.45) is 0. The minimum absolute atomic E-state index is 0.336. The monoisotopic (exact) mass is 136 g/mol. The normalized spacial score (nSPS) is 11.4. The van der Waals surface area contributed by atoms with E-state index in [2.05, 4.69) is 0 Å². The Morgan fingerprint density at radius 2 is 2.00 bits per heavy atom. The van der Waals surface area contributed by atoms with Gasteiger partial charge in [0.15, 0.2) is 0 Å². The van der Waals surface area contributed by atoms with Gasteiger partial charge >= 0.3 is 5.97 Å². The van der Waals surface area contributed by atoms with Gasteiger partial charge in [-0.25, -0.2) is 0 Å². The molecule has 48 valence electrons. The predicted molar refractivity (Wildman–Crippen MR) is 31.9 cm³/mol. The van der Waals surface area contributed by atoms with Crippen LogP contribution in [0.5, 0.6) is 0 Å². The van der Waals surface area contributed by atoms with E-state index in [1.165, 1.54) is 13.8 Å². The number of carbonyl (C=O) groups is 1. The summed E-state index contributed by atoms with van der Waals surface area (Å²) < 4.78 is 7.23. The van der Waals surface area contributed by atoms with Gasteiger partial charge < -0.3 is 9.66 Å². The largest absolute Gasteiger partial charge is 0.480 e. The van der Waals surface area contributed by atoms with E-state index in [1.807, 2.05) is 0 Å². The zero-order valence-electron chi connectivity index (χ0n) is 4.71. The van der Waals surface area contributed by atoms with Crippen molar-refractivity contribution in [1.82, 2.24) is 0 Å². The van der Waals surface area contributed by atoms with E-state index in [-0.39, 0.29) is 0 Å². The fourth-order valence-electron chi connectivity index (χ4n) is 0.0390. The maximum absolute atomic E-state index is 10.1. The third kappa shape index (κ3) is 1.71. The molecule has 0 aromatic heterocycles. The van der Waals surface area contributed by atoms with Crippen LogP contribution in [-0.2, 0) is 4.79 Å². The number of carboxylic acids is 1. The molecule has 0 aromatic carbocycles. The van der Waals surface area contributed by atoms with Crippen LogP contribution in [0, 0.1) is 0 Å². The summed E-state index contributed by atoms with van der Waals surface area (Å²) in [4.78, 5) is 10.1. The van der Waals surface area contributed by atoms with Gasteiger partial charge in [-0.05, 0) is 13.8 Å². The lowest BCUT2D eigenvalue weighted by Gasteiger charge is -2.11. The maximum Gasteiger partial charge on any atom is 0.321 e. The van der Waals surface area contributed by atoms with Crippen molar-refractivity contribution in [3.8, 4) is 0 Å². The van der Waals surface area contributed by atoms with Crippen molar-refractivity contribution in [2.45, 2.75) is 18.6 Å². The summed E-state index contributed by atoms with van der Waals surface area (Å²) in [6.45, 7) is 2.86. The van der Waals surface area contributed by atoms with Crippen LogP contribution < -0.4 is 0 Å². The first-order valence-electron chi connectivity index (χ1n) is 2.06. The van der Waals surface area contributed by atoms with Crippen LogP contribution in [0.1, 0.15) is 13.8 Å². The van der Waals surface area contributed by atoms with E-state index >= 15 is 0 Å². The summed E-state index contributed by atoms with van der Waals surface area (Å²) >= 11 is 0.336. The van der Waals surface area contributed by atoms with Gasteiger partial charge in [-0.1, -0.05) is 0 Å². The molecular formula is C4H8O3S. The van der Waals surface area contributed by atoms with Gasteiger partial charge in [0.1, 0.15) is 4.75 Å². The molecule has 8 heavy (non-hydrogen) atoms. The highest BCUT2D eigenvalue weighted by atomic mass is 32.2. The molecule has 0 aliphatic heterocycles. The lowest BCUT2D eigenvalue weighted by atomic mass is 10.2. The maximum atomic E-state index is 10.1. The topological polar surface area (TPSA) is 57.5 Å². The molecule has 0 spiro atoms. The molecular weight excluding hydrogens is 128 g/mol. The molecule has 3 nitrogen and oxygen atoms in total. The molecule has 4 heteroatoms. The second-order valence-corrected chi connectivity index (χ2v) is 3.11. The summed E-state index contributed by atoms with van der Waals surface area (Å²) in [5.41, 5.74) is 0. The molecule has 2 N–H and O–H groups in total. The second kappa shape index (κ2) is 2.37. The first-order valence-corrected chi connectivity index (χ1v) is 2.84. The van der Waals surface area contributed by atoms with Crippen molar-refractivity contribution in [1.29, 1.82) is 0 Å². The molecule has 0 fully saturated rings. The summed E-state index contributed by atoms with van der Waals surface area (Å²) in [7, 11) is 0. The highest BCUT2D eigenvalue weighted by molar-refractivity contribution is 7.95. The third-order valence-electron chi connectivity index (χ3n) is 0.743. The Kier molecular flexibility index (Phi) is 2.30. The zero-order valence-corrected chi connectivity index (χ0v) is 5.53. The van der Waals surface area contributed by atoms with Gasteiger partial charge in [-0.3, -0.25) is 4.79 Å². The van der Waals surface area contributed by atoms with Crippen LogP contribution in [0.4, 0.5) is 0 Å². The second-order valence-electron chi connectivity index (χ2n) is 1.91. The smallest absolute Gasteiger partial charge is 0.321 e. The number of rotatable bonds is 2. The van der Waals surface area contributed by atoms with Crippen molar-refractivity contribution in [3.05, 3.63) is 0 Å². The van der Waals surface area contributed by atoms with Gasteiger partial charge in [0, 0.05) is 12.0 Å². The zero-order chi connectivity index (χ0) is 6.78.